The van der Waals surface area contributed by atoms with E-state index < -0.39 is 28.2 Å². The minimum absolute atomic E-state index is 0.0850. The lowest BCUT2D eigenvalue weighted by Gasteiger charge is -2.10. The standard InChI is InChI=1S/C19H14ClF2NO4P4/c20-13-6-3-11(4-7-13)1-2-12-5-8-16-14(9-12)15(18(24)26-30(21)28)10-17(23-16)19(25)27-31(22)29/h1-10H,28-29H2/b2-1+. The first-order valence-corrected chi connectivity index (χ1v) is 14.4. The molecule has 4 atom stereocenters. The molecule has 0 N–H and O–H groups in total. The van der Waals surface area contributed by atoms with Gasteiger partial charge >= 0.3 is 11.9 Å². The van der Waals surface area contributed by atoms with Crippen LogP contribution < -0.4 is 0 Å². The fourth-order valence-electron chi connectivity index (χ4n) is 2.64. The summed E-state index contributed by atoms with van der Waals surface area (Å²) in [5.41, 5.74) is 1.52. The number of halogens is 3. The largest absolute Gasteiger partial charge is 0.406 e. The Hall–Kier alpha value is -1.60. The van der Waals surface area contributed by atoms with Crippen LogP contribution in [-0.4, -0.2) is 16.9 Å². The second-order valence-electron chi connectivity index (χ2n) is 6.02. The summed E-state index contributed by atoms with van der Waals surface area (Å²) in [6.07, 6.45) is 3.66. The molecule has 3 aromatic rings. The van der Waals surface area contributed by atoms with E-state index in [1.165, 1.54) is 0 Å². The Morgan fingerprint density at radius 2 is 1.48 bits per heavy atom. The Kier molecular flexibility index (Phi) is 8.39. The van der Waals surface area contributed by atoms with Gasteiger partial charge in [-0.15, -0.1) is 0 Å². The Bertz CT molecular complexity index is 1160. The fourth-order valence-corrected chi connectivity index (χ4v) is 3.85. The van der Waals surface area contributed by atoms with Crippen molar-refractivity contribution in [3.63, 3.8) is 0 Å². The van der Waals surface area contributed by atoms with E-state index in [9.17, 15) is 18.0 Å². The number of hydrogen-bond acceptors (Lipinski definition) is 5. The van der Waals surface area contributed by atoms with Crippen LogP contribution in [0.3, 0.4) is 0 Å². The lowest BCUT2D eigenvalue weighted by atomic mass is 10.0. The van der Waals surface area contributed by atoms with Gasteiger partial charge in [0.15, 0.2) is 0 Å². The quantitative estimate of drug-likeness (QED) is 0.250. The maximum Gasteiger partial charge on any atom is 0.361 e. The van der Waals surface area contributed by atoms with E-state index in [4.69, 9.17) is 11.6 Å². The molecule has 0 bridgehead atoms. The van der Waals surface area contributed by atoms with Gasteiger partial charge in [-0.1, -0.05) is 42.0 Å². The molecule has 0 aliphatic heterocycles. The number of rotatable bonds is 6. The second-order valence-corrected chi connectivity index (χ2v) is 10.3. The first kappa shape index (κ1) is 24.1. The van der Waals surface area contributed by atoms with E-state index in [1.807, 2.05) is 24.3 Å². The molecule has 3 rings (SSSR count). The van der Waals surface area contributed by atoms with Crippen molar-refractivity contribution in [3.05, 3.63) is 75.9 Å². The molecule has 1 aromatic heterocycles. The molecule has 2 aromatic carbocycles. The van der Waals surface area contributed by atoms with Gasteiger partial charge in [0.1, 0.15) is 5.69 Å². The molecule has 0 fully saturated rings. The molecule has 0 saturated carbocycles. The molecule has 0 amide bonds. The molecule has 0 radical (unpaired) electrons. The van der Waals surface area contributed by atoms with Gasteiger partial charge in [0.2, 0.25) is 0 Å². The monoisotopic (exact) mass is 517 g/mol. The number of benzene rings is 2. The van der Waals surface area contributed by atoms with Gasteiger partial charge < -0.3 is 9.05 Å². The minimum Gasteiger partial charge on any atom is -0.406 e. The van der Waals surface area contributed by atoms with Gasteiger partial charge in [-0.05, 0) is 59.3 Å². The highest BCUT2D eigenvalue weighted by Gasteiger charge is 2.22. The third kappa shape index (κ3) is 6.69. The Balaban J connectivity index is 2.04. The lowest BCUT2D eigenvalue weighted by molar-refractivity contribution is 0.0745. The number of carbonyl (C=O) groups excluding carboxylic acids is 2. The summed E-state index contributed by atoms with van der Waals surface area (Å²) in [6.45, 7) is 0. The maximum atomic E-state index is 13.3. The van der Waals surface area contributed by atoms with E-state index >= 15 is 0 Å². The second kappa shape index (κ2) is 10.8. The predicted molar refractivity (Wildman–Crippen MR) is 128 cm³/mol. The SMILES string of the molecule is O=C(OP(F)P)c1cc(C(=O)OP(F)P)c2cc(/C=C/c3ccc(Cl)cc3)ccc2n1. The number of carbonyl (C=O) groups is 2. The molecule has 0 spiro atoms. The molecular weight excluding hydrogens is 504 g/mol. The summed E-state index contributed by atoms with van der Waals surface area (Å²) >= 11 is 5.88. The third-order valence-electron chi connectivity index (χ3n) is 3.94. The maximum absolute atomic E-state index is 13.3. The highest BCUT2D eigenvalue weighted by Crippen LogP contribution is 2.48. The minimum atomic E-state index is -2.56. The van der Waals surface area contributed by atoms with Crippen molar-refractivity contribution in [2.75, 3.05) is 0 Å². The van der Waals surface area contributed by atoms with Gasteiger partial charge in [-0.3, -0.25) is 0 Å². The molecule has 31 heavy (non-hydrogen) atoms. The van der Waals surface area contributed by atoms with Crippen LogP contribution >= 0.6 is 45.8 Å². The van der Waals surface area contributed by atoms with Crippen molar-refractivity contribution >= 4 is 80.7 Å². The van der Waals surface area contributed by atoms with Crippen molar-refractivity contribution < 1.29 is 27.0 Å². The van der Waals surface area contributed by atoms with Crippen LogP contribution in [0.25, 0.3) is 23.1 Å². The number of aromatic nitrogens is 1. The molecule has 160 valence electrons. The summed E-state index contributed by atoms with van der Waals surface area (Å²) in [4.78, 5) is 28.7. The summed E-state index contributed by atoms with van der Waals surface area (Å²) in [5, 5.41) is 0.963. The molecule has 5 nitrogen and oxygen atoms in total. The van der Waals surface area contributed by atoms with Crippen LogP contribution in [0.4, 0.5) is 8.39 Å². The molecule has 0 saturated heterocycles. The zero-order chi connectivity index (χ0) is 22.5. The van der Waals surface area contributed by atoms with E-state index in [0.29, 0.717) is 10.4 Å². The summed E-state index contributed by atoms with van der Waals surface area (Å²) in [5.74, 6) is -2.02. The molecule has 0 aliphatic carbocycles. The highest BCUT2D eigenvalue weighted by atomic mass is 35.5. The van der Waals surface area contributed by atoms with E-state index in [2.05, 4.69) is 14.0 Å². The van der Waals surface area contributed by atoms with Crippen molar-refractivity contribution in [3.8, 4) is 0 Å². The Labute approximate surface area is 188 Å². The molecule has 12 heteroatoms. The van der Waals surface area contributed by atoms with Gasteiger partial charge in [0.05, 0.1) is 11.1 Å². The average molecular weight is 518 g/mol. The predicted octanol–water partition coefficient (Wildman–Crippen LogP) is 7.52. The number of nitrogens with zero attached hydrogens (tertiary/aromatic N) is 1. The fraction of sp³-hybridized carbons (Fsp3) is 0. The summed E-state index contributed by atoms with van der Waals surface area (Å²) in [6, 6.07) is 13.3. The zero-order valence-corrected chi connectivity index (χ0v) is 20.4. The molecule has 0 aliphatic rings. The smallest absolute Gasteiger partial charge is 0.361 e. The van der Waals surface area contributed by atoms with Crippen LogP contribution in [0.15, 0.2) is 48.5 Å². The van der Waals surface area contributed by atoms with E-state index in [-0.39, 0.29) is 16.8 Å². The van der Waals surface area contributed by atoms with Crippen molar-refractivity contribution in [1.29, 1.82) is 0 Å². The molecule has 4 unspecified atom stereocenters. The molecule has 1 heterocycles. The molecular formula is C19H14ClF2NO4P4. The highest BCUT2D eigenvalue weighted by molar-refractivity contribution is 8.08. The first-order chi connectivity index (χ1) is 14.7. The normalized spacial score (nSPS) is 13.2. The summed E-state index contributed by atoms with van der Waals surface area (Å²) < 4.78 is 35.6. The van der Waals surface area contributed by atoms with Gasteiger partial charge in [0, 0.05) is 10.4 Å². The average Bonchev–Trinajstić information content (AvgIpc) is 2.71. The lowest BCUT2D eigenvalue weighted by Crippen LogP contribution is -2.08. The van der Waals surface area contributed by atoms with Gasteiger partial charge in [-0.25, -0.2) is 14.6 Å². The van der Waals surface area contributed by atoms with Gasteiger partial charge in [-0.2, -0.15) is 8.39 Å². The van der Waals surface area contributed by atoms with Crippen LogP contribution in [0.2, 0.25) is 5.02 Å². The van der Waals surface area contributed by atoms with Crippen LogP contribution in [0.5, 0.6) is 0 Å². The number of fused-ring (bicyclic) bond motifs is 1. The van der Waals surface area contributed by atoms with Crippen molar-refractivity contribution in [1.82, 2.24) is 4.98 Å². The van der Waals surface area contributed by atoms with Crippen LogP contribution in [-0.2, 0) is 9.05 Å². The van der Waals surface area contributed by atoms with Gasteiger partial charge in [0.25, 0.3) is 16.3 Å². The van der Waals surface area contributed by atoms with Crippen molar-refractivity contribution in [2.45, 2.75) is 0 Å². The van der Waals surface area contributed by atoms with E-state index in [0.717, 1.165) is 17.2 Å². The first-order valence-electron chi connectivity index (χ1n) is 8.47. The zero-order valence-electron chi connectivity index (χ0n) is 15.5. The number of hydrogen-bond donors (Lipinski definition) is 0. The van der Waals surface area contributed by atoms with Crippen LogP contribution in [0, 0.1) is 0 Å². The Morgan fingerprint density at radius 1 is 0.903 bits per heavy atom. The number of pyridine rings is 1. The summed E-state index contributed by atoms with van der Waals surface area (Å²) in [7, 11) is -1.61. The topological polar surface area (TPSA) is 65.5 Å². The van der Waals surface area contributed by atoms with E-state index in [1.54, 1.807) is 48.2 Å². The van der Waals surface area contributed by atoms with Crippen LogP contribution in [0.1, 0.15) is 32.0 Å². The third-order valence-corrected chi connectivity index (χ3v) is 5.51. The van der Waals surface area contributed by atoms with Crippen molar-refractivity contribution in [2.24, 2.45) is 0 Å². The Morgan fingerprint density at radius 3 is 2.13 bits per heavy atom.